The van der Waals surface area contributed by atoms with Gasteiger partial charge in [-0.1, -0.05) is 0 Å². The zero-order valence-electron chi connectivity index (χ0n) is 12.6. The second-order valence-corrected chi connectivity index (χ2v) is 9.21. The Kier molecular flexibility index (Phi) is 4.54. The van der Waals surface area contributed by atoms with Gasteiger partial charge in [0.15, 0.2) is 9.84 Å². The molecule has 1 aliphatic carbocycles. The largest absolute Gasteiger partial charge is 0.343 e. The number of nitrogens with zero attached hydrogens (tertiary/aromatic N) is 1. The van der Waals surface area contributed by atoms with Crippen molar-refractivity contribution >= 4 is 15.7 Å². The van der Waals surface area contributed by atoms with Crippen LogP contribution >= 0.6 is 0 Å². The van der Waals surface area contributed by atoms with Gasteiger partial charge in [-0.15, -0.1) is 0 Å². The Morgan fingerprint density at radius 1 is 1.05 bits per heavy atom. The van der Waals surface area contributed by atoms with Crippen LogP contribution in [0.25, 0.3) is 0 Å². The third kappa shape index (κ3) is 4.42. The molecule has 2 saturated heterocycles. The summed E-state index contributed by atoms with van der Waals surface area (Å²) in [6, 6.07) is 0.557. The number of carbonyl (C=O) groups is 1. The van der Waals surface area contributed by atoms with Gasteiger partial charge in [0.2, 0.25) is 5.91 Å². The van der Waals surface area contributed by atoms with Crippen LogP contribution in [-0.4, -0.2) is 56.4 Å². The van der Waals surface area contributed by atoms with Gasteiger partial charge in [0, 0.05) is 25.6 Å². The van der Waals surface area contributed by atoms with Crippen LogP contribution in [0.5, 0.6) is 0 Å². The lowest BCUT2D eigenvalue weighted by Gasteiger charge is -2.33. The maximum Gasteiger partial charge on any atom is 0.222 e. The van der Waals surface area contributed by atoms with Crippen LogP contribution in [-0.2, 0) is 14.6 Å². The molecule has 0 spiro atoms. The predicted molar refractivity (Wildman–Crippen MR) is 81.7 cm³/mol. The van der Waals surface area contributed by atoms with E-state index in [2.05, 4.69) is 5.32 Å². The molecule has 3 fully saturated rings. The molecule has 5 nitrogen and oxygen atoms in total. The Balaban J connectivity index is 1.38. The average Bonchev–Trinajstić information content (AvgIpc) is 3.21. The molecule has 1 N–H and O–H groups in total. The van der Waals surface area contributed by atoms with Crippen LogP contribution < -0.4 is 5.32 Å². The van der Waals surface area contributed by atoms with Crippen molar-refractivity contribution < 1.29 is 13.2 Å². The fraction of sp³-hybridized carbons (Fsp3) is 0.933. The molecule has 1 saturated carbocycles. The van der Waals surface area contributed by atoms with E-state index in [9.17, 15) is 13.2 Å². The normalized spacial score (nSPS) is 29.7. The van der Waals surface area contributed by atoms with E-state index < -0.39 is 9.84 Å². The minimum Gasteiger partial charge on any atom is -0.343 e. The van der Waals surface area contributed by atoms with Crippen molar-refractivity contribution in [2.45, 2.75) is 44.6 Å². The first kappa shape index (κ1) is 15.3. The number of carbonyl (C=O) groups excluding carboxylic acids is 1. The van der Waals surface area contributed by atoms with Crippen molar-refractivity contribution in [1.29, 1.82) is 0 Å². The molecular formula is C15H26N2O3S. The second kappa shape index (κ2) is 6.24. The molecule has 2 heterocycles. The zero-order valence-corrected chi connectivity index (χ0v) is 13.4. The van der Waals surface area contributed by atoms with Gasteiger partial charge in [-0.2, -0.15) is 0 Å². The number of hydrogen-bond donors (Lipinski definition) is 1. The first-order chi connectivity index (χ1) is 10.0. The first-order valence-corrected chi connectivity index (χ1v) is 10.1. The standard InChI is InChI=1S/C15H26N2O3S/c18-15(9-13-5-8-21(19,20)11-13)17-6-3-14(4-7-17)16-10-12-1-2-12/h12-14,16H,1-11H2. The smallest absolute Gasteiger partial charge is 0.222 e. The number of sulfone groups is 1. The molecule has 6 heteroatoms. The number of rotatable bonds is 5. The van der Waals surface area contributed by atoms with Gasteiger partial charge in [0.25, 0.3) is 0 Å². The number of likely N-dealkylation sites (tertiary alicyclic amines) is 1. The zero-order chi connectivity index (χ0) is 14.9. The lowest BCUT2D eigenvalue weighted by atomic mass is 10.0. The quantitative estimate of drug-likeness (QED) is 0.815. The van der Waals surface area contributed by atoms with E-state index in [1.807, 2.05) is 4.90 Å². The van der Waals surface area contributed by atoms with Crippen molar-refractivity contribution in [3.05, 3.63) is 0 Å². The Labute approximate surface area is 127 Å². The summed E-state index contributed by atoms with van der Waals surface area (Å²) in [5, 5.41) is 3.61. The van der Waals surface area contributed by atoms with E-state index in [-0.39, 0.29) is 23.3 Å². The van der Waals surface area contributed by atoms with E-state index in [0.717, 1.165) is 38.4 Å². The lowest BCUT2D eigenvalue weighted by Crippen LogP contribution is -2.45. The summed E-state index contributed by atoms with van der Waals surface area (Å²) < 4.78 is 22.9. The maximum absolute atomic E-state index is 12.3. The Morgan fingerprint density at radius 3 is 2.33 bits per heavy atom. The molecule has 0 aromatic rings. The van der Waals surface area contributed by atoms with Gasteiger partial charge < -0.3 is 10.2 Å². The van der Waals surface area contributed by atoms with Crippen molar-refractivity contribution in [2.75, 3.05) is 31.1 Å². The maximum atomic E-state index is 12.3. The fourth-order valence-corrected chi connectivity index (χ4v) is 5.26. The average molecular weight is 314 g/mol. The van der Waals surface area contributed by atoms with Gasteiger partial charge in [-0.3, -0.25) is 4.79 Å². The second-order valence-electron chi connectivity index (χ2n) is 6.98. The highest BCUT2D eigenvalue weighted by Gasteiger charge is 2.32. The van der Waals surface area contributed by atoms with Gasteiger partial charge in [0.05, 0.1) is 11.5 Å². The highest BCUT2D eigenvalue weighted by atomic mass is 32.2. The highest BCUT2D eigenvalue weighted by molar-refractivity contribution is 7.91. The molecule has 3 rings (SSSR count). The summed E-state index contributed by atoms with van der Waals surface area (Å²) in [7, 11) is -2.87. The van der Waals surface area contributed by atoms with Gasteiger partial charge in [-0.05, 0) is 50.5 Å². The van der Waals surface area contributed by atoms with Crippen molar-refractivity contribution in [3.63, 3.8) is 0 Å². The lowest BCUT2D eigenvalue weighted by molar-refractivity contribution is -0.133. The molecule has 120 valence electrons. The van der Waals surface area contributed by atoms with E-state index in [4.69, 9.17) is 0 Å². The Morgan fingerprint density at radius 2 is 1.76 bits per heavy atom. The number of hydrogen-bond acceptors (Lipinski definition) is 4. The summed E-state index contributed by atoms with van der Waals surface area (Å²) in [5.74, 6) is 1.57. The van der Waals surface area contributed by atoms with Crippen LogP contribution in [0.15, 0.2) is 0 Å². The topological polar surface area (TPSA) is 66.5 Å². The molecule has 0 bridgehead atoms. The van der Waals surface area contributed by atoms with Crippen molar-refractivity contribution in [2.24, 2.45) is 11.8 Å². The number of piperidine rings is 1. The molecule has 0 aromatic carbocycles. The molecule has 1 unspecified atom stereocenters. The molecule has 2 aliphatic heterocycles. The van der Waals surface area contributed by atoms with E-state index in [0.29, 0.717) is 18.9 Å². The Hall–Kier alpha value is -0.620. The van der Waals surface area contributed by atoms with Crippen LogP contribution in [0.2, 0.25) is 0 Å². The van der Waals surface area contributed by atoms with E-state index in [1.54, 1.807) is 0 Å². The molecule has 21 heavy (non-hydrogen) atoms. The van der Waals surface area contributed by atoms with Crippen LogP contribution in [0, 0.1) is 11.8 Å². The molecule has 0 aromatic heterocycles. The predicted octanol–water partition coefficient (Wildman–Crippen LogP) is 0.802. The van der Waals surface area contributed by atoms with Crippen LogP contribution in [0.1, 0.15) is 38.5 Å². The van der Waals surface area contributed by atoms with Gasteiger partial charge in [-0.25, -0.2) is 8.42 Å². The summed E-state index contributed by atoms with van der Waals surface area (Å²) >= 11 is 0. The fourth-order valence-electron chi connectivity index (χ4n) is 3.40. The van der Waals surface area contributed by atoms with E-state index in [1.165, 1.54) is 12.8 Å². The van der Waals surface area contributed by atoms with Gasteiger partial charge >= 0.3 is 0 Å². The summed E-state index contributed by atoms with van der Waals surface area (Å²) in [5.41, 5.74) is 0. The van der Waals surface area contributed by atoms with Crippen molar-refractivity contribution in [1.82, 2.24) is 10.2 Å². The third-order valence-electron chi connectivity index (χ3n) is 5.03. The van der Waals surface area contributed by atoms with Gasteiger partial charge in [0.1, 0.15) is 0 Å². The summed E-state index contributed by atoms with van der Waals surface area (Å²) in [6.45, 7) is 2.78. The molecule has 3 aliphatic rings. The monoisotopic (exact) mass is 314 g/mol. The third-order valence-corrected chi connectivity index (χ3v) is 6.87. The van der Waals surface area contributed by atoms with Crippen LogP contribution in [0.3, 0.4) is 0 Å². The SMILES string of the molecule is O=C(CC1CCS(=O)(=O)C1)N1CCC(NCC2CC2)CC1. The van der Waals surface area contributed by atoms with E-state index >= 15 is 0 Å². The molecular weight excluding hydrogens is 288 g/mol. The number of nitrogens with one attached hydrogen (secondary N) is 1. The summed E-state index contributed by atoms with van der Waals surface area (Å²) in [6.07, 6.45) is 5.87. The summed E-state index contributed by atoms with van der Waals surface area (Å²) in [4.78, 5) is 14.2. The number of amides is 1. The highest BCUT2D eigenvalue weighted by Crippen LogP contribution is 2.28. The first-order valence-electron chi connectivity index (χ1n) is 8.23. The van der Waals surface area contributed by atoms with Crippen LogP contribution in [0.4, 0.5) is 0 Å². The minimum atomic E-state index is -2.87. The minimum absolute atomic E-state index is 0.0493. The molecule has 1 amide bonds. The van der Waals surface area contributed by atoms with Crippen molar-refractivity contribution in [3.8, 4) is 0 Å². The molecule has 0 radical (unpaired) electrons. The Bertz CT molecular complexity index is 479. The molecule has 1 atom stereocenters.